The van der Waals surface area contributed by atoms with E-state index in [1.54, 1.807) is 0 Å². The molecule has 0 radical (unpaired) electrons. The van der Waals surface area contributed by atoms with E-state index >= 15 is 0 Å². The molecular weight excluding hydrogens is 280 g/mol. The van der Waals surface area contributed by atoms with Crippen LogP contribution in [0, 0.1) is 23.7 Å². The van der Waals surface area contributed by atoms with Crippen molar-refractivity contribution in [2.24, 2.45) is 29.4 Å². The third-order valence-electron chi connectivity index (χ3n) is 5.55. The van der Waals surface area contributed by atoms with E-state index < -0.39 is 0 Å². The third kappa shape index (κ3) is 4.84. The molecule has 1 aromatic rings. The van der Waals surface area contributed by atoms with Gasteiger partial charge in [-0.25, -0.2) is 0 Å². The molecule has 1 aliphatic carbocycles. The first-order chi connectivity index (χ1) is 11.0. The number of hydrogen-bond donors (Lipinski definition) is 2. The second kappa shape index (κ2) is 8.54. The van der Waals surface area contributed by atoms with Crippen molar-refractivity contribution in [1.29, 1.82) is 0 Å². The van der Waals surface area contributed by atoms with Crippen LogP contribution in [0.2, 0.25) is 0 Å². The molecule has 0 amide bonds. The lowest BCUT2D eigenvalue weighted by Gasteiger charge is -2.38. The summed E-state index contributed by atoms with van der Waals surface area (Å²) in [5, 5.41) is 3.62. The normalized spacial score (nSPS) is 24.7. The zero-order valence-corrected chi connectivity index (χ0v) is 15.1. The van der Waals surface area contributed by atoms with Gasteiger partial charge in [0.1, 0.15) is 0 Å². The molecule has 23 heavy (non-hydrogen) atoms. The summed E-state index contributed by atoms with van der Waals surface area (Å²) < 4.78 is 0. The minimum atomic E-state index is 0.618. The highest BCUT2D eigenvalue weighted by Crippen LogP contribution is 2.40. The van der Waals surface area contributed by atoms with Crippen LogP contribution >= 0.6 is 0 Å². The highest BCUT2D eigenvalue weighted by Gasteiger charge is 2.32. The first kappa shape index (κ1) is 18.1. The average molecular weight is 315 g/mol. The molecule has 2 rings (SSSR count). The van der Waals surface area contributed by atoms with Gasteiger partial charge in [-0.3, -0.25) is 0 Å². The summed E-state index contributed by atoms with van der Waals surface area (Å²) in [6.07, 6.45) is 5.02. The van der Waals surface area contributed by atoms with E-state index in [0.29, 0.717) is 12.5 Å². The zero-order valence-electron chi connectivity index (χ0n) is 15.1. The standard InChI is InChI=1S/C21H34N2/c1-15(2)20-10-9-16(3)13-21(20)17(4)23-12-11-18-7-5-6-8-19(18)14-22/h5-8,15-16,20-21,23H,4,9-14,22H2,1-3H3/t16-,20+,21+/m1/s1. The monoisotopic (exact) mass is 314 g/mol. The van der Waals surface area contributed by atoms with E-state index in [4.69, 9.17) is 5.73 Å². The largest absolute Gasteiger partial charge is 0.388 e. The van der Waals surface area contributed by atoms with Gasteiger partial charge in [-0.1, -0.05) is 58.0 Å². The summed E-state index contributed by atoms with van der Waals surface area (Å²) in [6.45, 7) is 13.1. The van der Waals surface area contributed by atoms with E-state index in [2.05, 4.69) is 56.9 Å². The van der Waals surface area contributed by atoms with Gasteiger partial charge in [0.15, 0.2) is 0 Å². The zero-order chi connectivity index (χ0) is 16.8. The van der Waals surface area contributed by atoms with Gasteiger partial charge in [0.2, 0.25) is 0 Å². The van der Waals surface area contributed by atoms with Crippen molar-refractivity contribution in [2.45, 2.75) is 53.0 Å². The predicted octanol–water partition coefficient (Wildman–Crippen LogP) is 4.50. The van der Waals surface area contributed by atoms with Crippen LogP contribution in [0.5, 0.6) is 0 Å². The molecule has 0 bridgehead atoms. The van der Waals surface area contributed by atoms with Crippen molar-refractivity contribution in [1.82, 2.24) is 5.32 Å². The Morgan fingerprint density at radius 3 is 2.61 bits per heavy atom. The Labute approximate surface area is 142 Å². The average Bonchev–Trinajstić information content (AvgIpc) is 2.54. The minimum absolute atomic E-state index is 0.618. The summed E-state index contributed by atoms with van der Waals surface area (Å²) in [6, 6.07) is 8.48. The van der Waals surface area contributed by atoms with Crippen LogP contribution in [-0.2, 0) is 13.0 Å². The van der Waals surface area contributed by atoms with Gasteiger partial charge in [0.25, 0.3) is 0 Å². The van der Waals surface area contributed by atoms with E-state index in [1.807, 2.05) is 0 Å². The molecule has 1 fully saturated rings. The molecule has 0 heterocycles. The lowest BCUT2D eigenvalue weighted by atomic mass is 9.69. The van der Waals surface area contributed by atoms with Crippen molar-refractivity contribution < 1.29 is 0 Å². The van der Waals surface area contributed by atoms with E-state index in [1.165, 1.54) is 36.1 Å². The maximum Gasteiger partial charge on any atom is 0.0184 e. The Balaban J connectivity index is 1.90. The van der Waals surface area contributed by atoms with Crippen LogP contribution in [0.25, 0.3) is 0 Å². The van der Waals surface area contributed by atoms with Gasteiger partial charge < -0.3 is 11.1 Å². The van der Waals surface area contributed by atoms with Gasteiger partial charge in [-0.15, -0.1) is 0 Å². The van der Waals surface area contributed by atoms with Gasteiger partial charge in [0, 0.05) is 24.7 Å². The van der Waals surface area contributed by atoms with Crippen molar-refractivity contribution in [3.63, 3.8) is 0 Å². The number of nitrogens with one attached hydrogen (secondary N) is 1. The fourth-order valence-electron chi connectivity index (χ4n) is 4.09. The Hall–Kier alpha value is -1.28. The van der Waals surface area contributed by atoms with Crippen molar-refractivity contribution in [3.05, 3.63) is 47.7 Å². The quantitative estimate of drug-likeness (QED) is 0.777. The summed E-state index contributed by atoms with van der Waals surface area (Å²) >= 11 is 0. The molecule has 1 aliphatic rings. The molecule has 2 nitrogen and oxygen atoms in total. The molecule has 1 saturated carbocycles. The molecule has 0 spiro atoms. The van der Waals surface area contributed by atoms with E-state index in [9.17, 15) is 0 Å². The van der Waals surface area contributed by atoms with Gasteiger partial charge >= 0.3 is 0 Å². The van der Waals surface area contributed by atoms with E-state index in [-0.39, 0.29) is 0 Å². The lowest BCUT2D eigenvalue weighted by molar-refractivity contribution is 0.165. The molecule has 0 aliphatic heterocycles. The second-order valence-electron chi connectivity index (χ2n) is 7.61. The Morgan fingerprint density at radius 1 is 1.26 bits per heavy atom. The molecular formula is C21H34N2. The van der Waals surface area contributed by atoms with Crippen LogP contribution in [0.15, 0.2) is 36.5 Å². The highest BCUT2D eigenvalue weighted by atomic mass is 14.9. The Bertz CT molecular complexity index is 506. The SMILES string of the molecule is C=C(NCCc1ccccc1CN)[C@@H]1C[C@H](C)CC[C@H]1C(C)C. The highest BCUT2D eigenvalue weighted by molar-refractivity contribution is 5.27. The molecule has 3 atom stereocenters. The van der Waals surface area contributed by atoms with Gasteiger partial charge in [-0.2, -0.15) is 0 Å². The van der Waals surface area contributed by atoms with E-state index in [0.717, 1.165) is 30.7 Å². The van der Waals surface area contributed by atoms with Crippen LogP contribution in [0.3, 0.4) is 0 Å². The first-order valence-corrected chi connectivity index (χ1v) is 9.22. The summed E-state index contributed by atoms with van der Waals surface area (Å²) in [5.74, 6) is 2.97. The third-order valence-corrected chi connectivity index (χ3v) is 5.55. The maximum absolute atomic E-state index is 5.83. The number of allylic oxidation sites excluding steroid dienone is 1. The molecule has 1 aromatic carbocycles. The topological polar surface area (TPSA) is 38.0 Å². The van der Waals surface area contributed by atoms with Gasteiger partial charge in [0.05, 0.1) is 0 Å². The summed E-state index contributed by atoms with van der Waals surface area (Å²) in [7, 11) is 0. The Morgan fingerprint density at radius 2 is 1.96 bits per heavy atom. The fraction of sp³-hybridized carbons (Fsp3) is 0.619. The molecule has 2 heteroatoms. The lowest BCUT2D eigenvalue weighted by Crippen LogP contribution is -2.34. The molecule has 0 aromatic heterocycles. The van der Waals surface area contributed by atoms with Crippen molar-refractivity contribution in [2.75, 3.05) is 6.54 Å². The fourth-order valence-corrected chi connectivity index (χ4v) is 4.09. The van der Waals surface area contributed by atoms with Crippen LogP contribution in [0.1, 0.15) is 51.2 Å². The van der Waals surface area contributed by atoms with Crippen molar-refractivity contribution >= 4 is 0 Å². The van der Waals surface area contributed by atoms with Crippen LogP contribution < -0.4 is 11.1 Å². The van der Waals surface area contributed by atoms with Crippen molar-refractivity contribution in [3.8, 4) is 0 Å². The maximum atomic E-state index is 5.83. The first-order valence-electron chi connectivity index (χ1n) is 9.22. The van der Waals surface area contributed by atoms with Crippen LogP contribution in [-0.4, -0.2) is 6.54 Å². The summed E-state index contributed by atoms with van der Waals surface area (Å²) in [5.41, 5.74) is 9.69. The predicted molar refractivity (Wildman–Crippen MR) is 100 cm³/mol. The smallest absolute Gasteiger partial charge is 0.0184 e. The molecule has 3 N–H and O–H groups in total. The van der Waals surface area contributed by atoms with Crippen LogP contribution in [0.4, 0.5) is 0 Å². The summed E-state index contributed by atoms with van der Waals surface area (Å²) in [4.78, 5) is 0. The minimum Gasteiger partial charge on any atom is -0.388 e. The number of rotatable bonds is 7. The molecule has 128 valence electrons. The number of hydrogen-bond acceptors (Lipinski definition) is 2. The number of nitrogens with two attached hydrogens (primary N) is 1. The Kier molecular flexibility index (Phi) is 6.71. The molecule has 0 unspecified atom stereocenters. The number of benzene rings is 1. The van der Waals surface area contributed by atoms with Gasteiger partial charge in [-0.05, 0) is 48.1 Å². The second-order valence-corrected chi connectivity index (χ2v) is 7.61. The molecule has 0 saturated heterocycles.